The molecule has 2 heterocycles. The summed E-state index contributed by atoms with van der Waals surface area (Å²) in [5.41, 5.74) is 6.28. The SMILES string of the molecule is CCCCn1c(CN(Cc2ccccc2)Cc2ccc3[nH]ccc3c2)cnc1-c1ccccc1. The number of rotatable bonds is 10. The smallest absolute Gasteiger partial charge is 0.140 e. The standard InChI is InChI=1S/C30H32N4/c1-2-3-18-34-28(20-32-30(34)26-12-8-5-9-13-26)23-33(21-24-10-6-4-7-11-24)22-25-14-15-29-27(19-25)16-17-31-29/h4-17,19-20,31H,2-3,18,21-23H2,1H3. The summed E-state index contributed by atoms with van der Waals surface area (Å²) in [5, 5.41) is 1.26. The van der Waals surface area contributed by atoms with Gasteiger partial charge in [-0.05, 0) is 41.1 Å². The van der Waals surface area contributed by atoms with E-state index in [9.17, 15) is 0 Å². The van der Waals surface area contributed by atoms with Gasteiger partial charge >= 0.3 is 0 Å². The first-order chi connectivity index (χ1) is 16.8. The molecule has 0 fully saturated rings. The van der Waals surface area contributed by atoms with E-state index in [1.54, 1.807) is 0 Å². The van der Waals surface area contributed by atoms with Gasteiger partial charge in [0.2, 0.25) is 0 Å². The molecule has 3 aromatic carbocycles. The van der Waals surface area contributed by atoms with Crippen molar-refractivity contribution >= 4 is 10.9 Å². The topological polar surface area (TPSA) is 36.9 Å². The number of hydrogen-bond donors (Lipinski definition) is 1. The fourth-order valence-corrected chi connectivity index (χ4v) is 4.62. The lowest BCUT2D eigenvalue weighted by molar-refractivity contribution is 0.241. The summed E-state index contributed by atoms with van der Waals surface area (Å²) in [6.07, 6.45) is 6.39. The van der Waals surface area contributed by atoms with Gasteiger partial charge in [-0.1, -0.05) is 80.1 Å². The van der Waals surface area contributed by atoms with Gasteiger partial charge < -0.3 is 9.55 Å². The fourth-order valence-electron chi connectivity index (χ4n) is 4.62. The Morgan fingerprint density at radius 2 is 1.59 bits per heavy atom. The first-order valence-electron chi connectivity index (χ1n) is 12.2. The van der Waals surface area contributed by atoms with Crippen LogP contribution in [0, 0.1) is 0 Å². The van der Waals surface area contributed by atoms with Gasteiger partial charge in [0.15, 0.2) is 0 Å². The highest BCUT2D eigenvalue weighted by atomic mass is 15.2. The molecule has 4 nitrogen and oxygen atoms in total. The summed E-state index contributed by atoms with van der Waals surface area (Å²) in [4.78, 5) is 10.7. The minimum atomic E-state index is 0.851. The molecule has 0 aliphatic heterocycles. The maximum Gasteiger partial charge on any atom is 0.140 e. The number of unbranched alkanes of at least 4 members (excludes halogenated alkanes) is 1. The number of fused-ring (bicyclic) bond motifs is 1. The molecule has 34 heavy (non-hydrogen) atoms. The van der Waals surface area contributed by atoms with Crippen LogP contribution in [0.5, 0.6) is 0 Å². The van der Waals surface area contributed by atoms with Gasteiger partial charge in [0.05, 0.1) is 11.9 Å². The third kappa shape index (κ3) is 5.13. The Hall–Kier alpha value is -3.63. The molecule has 0 bridgehead atoms. The second kappa shape index (κ2) is 10.5. The zero-order chi connectivity index (χ0) is 23.2. The van der Waals surface area contributed by atoms with E-state index >= 15 is 0 Å². The van der Waals surface area contributed by atoms with Crippen LogP contribution in [0.4, 0.5) is 0 Å². The van der Waals surface area contributed by atoms with Gasteiger partial charge in [0.1, 0.15) is 5.82 Å². The van der Waals surface area contributed by atoms with Crippen LogP contribution in [-0.4, -0.2) is 19.4 Å². The minimum Gasteiger partial charge on any atom is -0.361 e. The van der Waals surface area contributed by atoms with Gasteiger partial charge in [-0.2, -0.15) is 0 Å². The second-order valence-electron chi connectivity index (χ2n) is 8.97. The third-order valence-corrected chi connectivity index (χ3v) is 6.36. The molecule has 0 radical (unpaired) electrons. The average Bonchev–Trinajstić information content (AvgIpc) is 3.50. The largest absolute Gasteiger partial charge is 0.361 e. The average molecular weight is 449 g/mol. The van der Waals surface area contributed by atoms with E-state index in [1.165, 1.54) is 33.3 Å². The summed E-state index contributed by atoms with van der Waals surface area (Å²) < 4.78 is 2.42. The van der Waals surface area contributed by atoms with E-state index in [1.807, 2.05) is 6.20 Å². The van der Waals surface area contributed by atoms with Gasteiger partial charge in [-0.15, -0.1) is 0 Å². The van der Waals surface area contributed by atoms with Crippen LogP contribution in [-0.2, 0) is 26.2 Å². The molecule has 4 heteroatoms. The van der Waals surface area contributed by atoms with Crippen molar-refractivity contribution < 1.29 is 0 Å². The summed E-state index contributed by atoms with van der Waals surface area (Å²) in [6.45, 7) is 5.87. The van der Waals surface area contributed by atoms with E-state index < -0.39 is 0 Å². The molecule has 0 aliphatic carbocycles. The number of hydrogen-bond acceptors (Lipinski definition) is 2. The maximum absolute atomic E-state index is 4.87. The minimum absolute atomic E-state index is 0.851. The number of H-pyrrole nitrogens is 1. The molecule has 0 spiro atoms. The summed E-state index contributed by atoms with van der Waals surface area (Å²) in [6, 6.07) is 30.2. The quantitative estimate of drug-likeness (QED) is 0.249. The van der Waals surface area contributed by atoms with Crippen molar-refractivity contribution in [2.24, 2.45) is 0 Å². The Balaban J connectivity index is 1.45. The Morgan fingerprint density at radius 3 is 2.38 bits per heavy atom. The number of aromatic nitrogens is 3. The first-order valence-corrected chi connectivity index (χ1v) is 12.2. The van der Waals surface area contributed by atoms with Crippen LogP contribution in [0.25, 0.3) is 22.3 Å². The number of benzene rings is 3. The lowest BCUT2D eigenvalue weighted by atomic mass is 10.1. The van der Waals surface area contributed by atoms with Crippen molar-refractivity contribution in [1.82, 2.24) is 19.4 Å². The predicted octanol–water partition coefficient (Wildman–Crippen LogP) is 7.03. The lowest BCUT2D eigenvalue weighted by Gasteiger charge is -2.24. The highest BCUT2D eigenvalue weighted by molar-refractivity contribution is 5.79. The van der Waals surface area contributed by atoms with Crippen LogP contribution in [0.15, 0.2) is 97.3 Å². The van der Waals surface area contributed by atoms with Crippen LogP contribution in [0.3, 0.4) is 0 Å². The molecule has 5 rings (SSSR count). The number of nitrogens with one attached hydrogen (secondary N) is 1. The first kappa shape index (κ1) is 22.2. The predicted molar refractivity (Wildman–Crippen MR) is 140 cm³/mol. The Kier molecular flexibility index (Phi) is 6.87. The fraction of sp³-hybridized carbons (Fsp3) is 0.233. The van der Waals surface area contributed by atoms with Crippen LogP contribution < -0.4 is 0 Å². The summed E-state index contributed by atoms with van der Waals surface area (Å²) >= 11 is 0. The molecule has 0 amide bonds. The van der Waals surface area contributed by atoms with Crippen molar-refractivity contribution in [3.05, 3.63) is 114 Å². The second-order valence-corrected chi connectivity index (χ2v) is 8.97. The number of imidazole rings is 1. The van der Waals surface area contributed by atoms with Crippen LogP contribution >= 0.6 is 0 Å². The molecule has 0 unspecified atom stereocenters. The number of nitrogens with zero attached hydrogens (tertiary/aromatic N) is 3. The monoisotopic (exact) mass is 448 g/mol. The van der Waals surface area contributed by atoms with E-state index in [0.717, 1.165) is 44.8 Å². The molecule has 0 saturated heterocycles. The van der Waals surface area contributed by atoms with E-state index in [4.69, 9.17) is 4.98 Å². The third-order valence-electron chi connectivity index (χ3n) is 6.36. The van der Waals surface area contributed by atoms with E-state index in [-0.39, 0.29) is 0 Å². The van der Waals surface area contributed by atoms with Crippen LogP contribution in [0.2, 0.25) is 0 Å². The zero-order valence-electron chi connectivity index (χ0n) is 19.8. The van der Waals surface area contributed by atoms with Gasteiger partial charge in [-0.25, -0.2) is 4.98 Å². The molecule has 0 saturated carbocycles. The molecule has 2 aromatic heterocycles. The van der Waals surface area contributed by atoms with Crippen molar-refractivity contribution in [3.8, 4) is 11.4 Å². The maximum atomic E-state index is 4.87. The molecule has 5 aromatic rings. The molecule has 0 aliphatic rings. The van der Waals surface area contributed by atoms with Crippen molar-refractivity contribution in [1.29, 1.82) is 0 Å². The van der Waals surface area contributed by atoms with Gasteiger partial charge in [0, 0.05) is 43.5 Å². The Morgan fingerprint density at radius 1 is 0.824 bits per heavy atom. The normalized spacial score (nSPS) is 11.5. The van der Waals surface area contributed by atoms with Crippen molar-refractivity contribution in [2.45, 2.75) is 45.9 Å². The number of aromatic amines is 1. The van der Waals surface area contributed by atoms with E-state index in [2.05, 4.69) is 113 Å². The highest BCUT2D eigenvalue weighted by Crippen LogP contribution is 2.23. The van der Waals surface area contributed by atoms with Crippen LogP contribution in [0.1, 0.15) is 36.6 Å². The zero-order valence-corrected chi connectivity index (χ0v) is 19.8. The van der Waals surface area contributed by atoms with E-state index in [0.29, 0.717) is 0 Å². The summed E-state index contributed by atoms with van der Waals surface area (Å²) in [5.74, 6) is 1.07. The summed E-state index contributed by atoms with van der Waals surface area (Å²) in [7, 11) is 0. The molecule has 1 N–H and O–H groups in total. The molecule has 0 atom stereocenters. The van der Waals surface area contributed by atoms with Crippen molar-refractivity contribution in [3.63, 3.8) is 0 Å². The highest BCUT2D eigenvalue weighted by Gasteiger charge is 2.16. The molecule has 172 valence electrons. The lowest BCUT2D eigenvalue weighted by Crippen LogP contribution is -2.24. The molecular weight excluding hydrogens is 416 g/mol. The molecular formula is C30H32N4. The van der Waals surface area contributed by atoms with Crippen molar-refractivity contribution in [2.75, 3.05) is 0 Å². The van der Waals surface area contributed by atoms with Gasteiger partial charge in [0.25, 0.3) is 0 Å². The Labute approximate surface area is 201 Å². The van der Waals surface area contributed by atoms with Gasteiger partial charge in [-0.3, -0.25) is 4.90 Å². The Bertz CT molecular complexity index is 1320.